The Morgan fingerprint density at radius 3 is 2.67 bits per heavy atom. The molecular weight excluding hydrogens is 342 g/mol. The van der Waals surface area contributed by atoms with Gasteiger partial charge in [-0.05, 0) is 24.8 Å². The molecule has 1 aromatic rings. The zero-order valence-electron chi connectivity index (χ0n) is 15.9. The average Bonchev–Trinajstić information content (AvgIpc) is 3.28. The van der Waals surface area contributed by atoms with E-state index in [4.69, 9.17) is 4.84 Å². The minimum absolute atomic E-state index is 0.0181. The highest BCUT2D eigenvalue weighted by Crippen LogP contribution is 2.41. The van der Waals surface area contributed by atoms with Crippen molar-refractivity contribution < 1.29 is 14.4 Å². The first-order valence-electron chi connectivity index (χ1n) is 9.91. The van der Waals surface area contributed by atoms with Crippen LogP contribution in [0.25, 0.3) is 0 Å². The Morgan fingerprint density at radius 2 is 2.00 bits per heavy atom. The maximum absolute atomic E-state index is 12.7. The molecule has 6 nitrogen and oxygen atoms in total. The van der Waals surface area contributed by atoms with Gasteiger partial charge < -0.3 is 14.6 Å². The number of likely N-dealkylation sites (tertiary alicyclic amines) is 2. The Hall–Kier alpha value is -2.37. The summed E-state index contributed by atoms with van der Waals surface area (Å²) in [4.78, 5) is 34.4. The van der Waals surface area contributed by atoms with Crippen LogP contribution in [0.4, 0.5) is 0 Å². The Bertz CT molecular complexity index is 738. The van der Waals surface area contributed by atoms with Crippen molar-refractivity contribution in [2.75, 3.05) is 19.6 Å². The van der Waals surface area contributed by atoms with Gasteiger partial charge in [0.25, 0.3) is 5.91 Å². The first-order chi connectivity index (χ1) is 13.1. The lowest BCUT2D eigenvalue weighted by Crippen LogP contribution is -2.47. The van der Waals surface area contributed by atoms with Crippen molar-refractivity contribution in [3.8, 4) is 0 Å². The monoisotopic (exact) mass is 369 g/mol. The van der Waals surface area contributed by atoms with Gasteiger partial charge in [0.05, 0.1) is 5.71 Å². The fourth-order valence-electron chi connectivity index (χ4n) is 4.44. The van der Waals surface area contributed by atoms with E-state index < -0.39 is 6.10 Å². The Morgan fingerprint density at radius 1 is 1.26 bits per heavy atom. The third-order valence-corrected chi connectivity index (χ3v) is 6.17. The van der Waals surface area contributed by atoms with Gasteiger partial charge in [-0.25, -0.2) is 0 Å². The second-order valence-corrected chi connectivity index (χ2v) is 8.05. The van der Waals surface area contributed by atoms with Crippen LogP contribution in [0.1, 0.15) is 44.6 Å². The second-order valence-electron chi connectivity index (χ2n) is 8.05. The van der Waals surface area contributed by atoms with Crippen LogP contribution >= 0.6 is 0 Å². The van der Waals surface area contributed by atoms with Gasteiger partial charge in [0.2, 0.25) is 12.0 Å². The van der Waals surface area contributed by atoms with Crippen molar-refractivity contribution >= 4 is 17.5 Å². The molecule has 27 heavy (non-hydrogen) atoms. The number of amides is 2. The number of rotatable bonds is 4. The van der Waals surface area contributed by atoms with Crippen LogP contribution in [0.2, 0.25) is 0 Å². The summed E-state index contributed by atoms with van der Waals surface area (Å²) < 4.78 is 0. The van der Waals surface area contributed by atoms with E-state index in [-0.39, 0.29) is 17.2 Å². The highest BCUT2D eigenvalue weighted by molar-refractivity contribution is 5.92. The van der Waals surface area contributed by atoms with E-state index >= 15 is 0 Å². The first kappa shape index (κ1) is 18.0. The normalized spacial score (nSPS) is 24.3. The van der Waals surface area contributed by atoms with Crippen LogP contribution in [0.3, 0.4) is 0 Å². The summed E-state index contributed by atoms with van der Waals surface area (Å²) in [6.45, 7) is 4.90. The SMILES string of the molecule is CCC1=NOC(C(=O)N2CCC3(CC2)CC(=O)N(Cc2ccccc2)C3)C1. The number of benzene rings is 1. The molecule has 1 atom stereocenters. The fraction of sp³-hybridized carbons (Fsp3) is 0.571. The van der Waals surface area contributed by atoms with Crippen molar-refractivity contribution in [2.45, 2.75) is 51.7 Å². The van der Waals surface area contributed by atoms with Crippen molar-refractivity contribution in [2.24, 2.45) is 10.6 Å². The van der Waals surface area contributed by atoms with Crippen LogP contribution in [-0.4, -0.2) is 53.1 Å². The van der Waals surface area contributed by atoms with Gasteiger partial charge in [0.15, 0.2) is 0 Å². The number of carbonyl (C=O) groups excluding carboxylic acids is 2. The Labute approximate surface area is 160 Å². The standard InChI is InChI=1S/C21H27N3O3/c1-2-17-12-18(27-22-17)20(26)23-10-8-21(9-11-23)13-19(25)24(15-21)14-16-6-4-3-5-7-16/h3-7,18H,2,8-15H2,1H3. The summed E-state index contributed by atoms with van der Waals surface area (Å²) in [5.74, 6) is 0.279. The van der Waals surface area contributed by atoms with E-state index in [9.17, 15) is 9.59 Å². The number of oxime groups is 1. The summed E-state index contributed by atoms with van der Waals surface area (Å²) in [5.41, 5.74) is 2.14. The minimum Gasteiger partial charge on any atom is -0.382 e. The van der Waals surface area contributed by atoms with Crippen LogP contribution in [0.15, 0.2) is 35.5 Å². The smallest absolute Gasteiger partial charge is 0.266 e. The lowest BCUT2D eigenvalue weighted by Gasteiger charge is -2.39. The highest BCUT2D eigenvalue weighted by atomic mass is 16.6. The second kappa shape index (κ2) is 7.33. The largest absolute Gasteiger partial charge is 0.382 e. The van der Waals surface area contributed by atoms with Crippen molar-refractivity contribution in [3.63, 3.8) is 0 Å². The number of hydrogen-bond acceptors (Lipinski definition) is 4. The van der Waals surface area contributed by atoms with E-state index in [0.717, 1.165) is 31.5 Å². The number of nitrogens with zero attached hydrogens (tertiary/aromatic N) is 3. The van der Waals surface area contributed by atoms with E-state index in [2.05, 4.69) is 17.3 Å². The zero-order valence-corrected chi connectivity index (χ0v) is 15.9. The third kappa shape index (κ3) is 3.70. The molecule has 0 aromatic heterocycles. The van der Waals surface area contributed by atoms with Gasteiger partial charge in [-0.1, -0.05) is 42.4 Å². The molecule has 2 saturated heterocycles. The molecule has 0 radical (unpaired) electrons. The summed E-state index contributed by atoms with van der Waals surface area (Å²) in [6.07, 6.45) is 3.35. The van der Waals surface area contributed by atoms with Gasteiger partial charge in [-0.2, -0.15) is 0 Å². The third-order valence-electron chi connectivity index (χ3n) is 6.17. The van der Waals surface area contributed by atoms with E-state index in [1.54, 1.807) is 0 Å². The van der Waals surface area contributed by atoms with Crippen LogP contribution in [0, 0.1) is 5.41 Å². The molecule has 4 rings (SSSR count). The Balaban J connectivity index is 1.32. The molecular formula is C21H27N3O3. The predicted octanol–water partition coefficient (Wildman–Crippen LogP) is 2.58. The summed E-state index contributed by atoms with van der Waals surface area (Å²) >= 11 is 0. The molecule has 144 valence electrons. The molecule has 2 amide bonds. The molecule has 1 aromatic carbocycles. The summed E-state index contributed by atoms with van der Waals surface area (Å²) in [7, 11) is 0. The molecule has 6 heteroatoms. The summed E-state index contributed by atoms with van der Waals surface area (Å²) in [6, 6.07) is 10.1. The number of piperidine rings is 1. The van der Waals surface area contributed by atoms with Crippen molar-refractivity contribution in [1.82, 2.24) is 9.80 Å². The maximum atomic E-state index is 12.7. The molecule has 3 aliphatic heterocycles. The van der Waals surface area contributed by atoms with E-state index in [1.807, 2.05) is 34.9 Å². The predicted molar refractivity (Wildman–Crippen MR) is 102 cm³/mol. The quantitative estimate of drug-likeness (QED) is 0.819. The van der Waals surface area contributed by atoms with Gasteiger partial charge in [0.1, 0.15) is 0 Å². The van der Waals surface area contributed by atoms with E-state index in [1.165, 1.54) is 5.56 Å². The summed E-state index contributed by atoms with van der Waals surface area (Å²) in [5, 5.41) is 4.00. The zero-order chi connectivity index (χ0) is 18.9. The Kier molecular flexibility index (Phi) is 4.89. The molecule has 0 aliphatic carbocycles. The van der Waals surface area contributed by atoms with E-state index in [0.29, 0.717) is 32.5 Å². The number of hydrogen-bond donors (Lipinski definition) is 0. The molecule has 3 heterocycles. The van der Waals surface area contributed by atoms with Gasteiger partial charge >= 0.3 is 0 Å². The van der Waals surface area contributed by atoms with Crippen LogP contribution < -0.4 is 0 Å². The lowest BCUT2D eigenvalue weighted by molar-refractivity contribution is -0.144. The maximum Gasteiger partial charge on any atom is 0.266 e. The van der Waals surface area contributed by atoms with Crippen LogP contribution in [-0.2, 0) is 21.0 Å². The topological polar surface area (TPSA) is 62.2 Å². The average molecular weight is 369 g/mol. The van der Waals surface area contributed by atoms with Crippen molar-refractivity contribution in [1.29, 1.82) is 0 Å². The number of carbonyl (C=O) groups is 2. The molecule has 0 saturated carbocycles. The molecule has 1 spiro atoms. The minimum atomic E-state index is -0.450. The first-order valence-corrected chi connectivity index (χ1v) is 9.91. The van der Waals surface area contributed by atoms with Gasteiger partial charge in [0, 0.05) is 44.4 Å². The molecule has 2 fully saturated rings. The molecule has 0 N–H and O–H groups in total. The van der Waals surface area contributed by atoms with Crippen molar-refractivity contribution in [3.05, 3.63) is 35.9 Å². The van der Waals surface area contributed by atoms with Gasteiger partial charge in [-0.3, -0.25) is 9.59 Å². The molecule has 3 aliphatic rings. The van der Waals surface area contributed by atoms with Gasteiger partial charge in [-0.15, -0.1) is 0 Å². The van der Waals surface area contributed by atoms with Crippen LogP contribution in [0.5, 0.6) is 0 Å². The highest BCUT2D eigenvalue weighted by Gasteiger charge is 2.46. The fourth-order valence-corrected chi connectivity index (χ4v) is 4.44. The lowest BCUT2D eigenvalue weighted by atomic mass is 9.77. The molecule has 1 unspecified atom stereocenters. The molecule has 0 bridgehead atoms.